The van der Waals surface area contributed by atoms with Crippen molar-refractivity contribution in [1.82, 2.24) is 0 Å². The van der Waals surface area contributed by atoms with Gasteiger partial charge in [-0.3, -0.25) is 4.79 Å². The maximum absolute atomic E-state index is 11.3. The second-order valence-electron chi connectivity index (χ2n) is 2.94. The molecule has 0 bridgehead atoms. The van der Waals surface area contributed by atoms with Crippen molar-refractivity contribution in [2.45, 2.75) is 26.7 Å². The third-order valence-corrected chi connectivity index (χ3v) is 2.44. The minimum absolute atomic E-state index is 0.173. The number of carbonyl (C=O) groups excluding carboxylic acids is 1. The number of hydrogen-bond acceptors (Lipinski definition) is 1. The number of benzene rings is 1. The fourth-order valence-corrected chi connectivity index (χ4v) is 1.47. The van der Waals surface area contributed by atoms with Crippen LogP contribution in [0.2, 0.25) is 5.02 Å². The van der Waals surface area contributed by atoms with Crippen LogP contribution in [0.25, 0.3) is 0 Å². The summed E-state index contributed by atoms with van der Waals surface area (Å²) in [6.07, 6.45) is 1.41. The van der Waals surface area contributed by atoms with Crippen LogP contribution >= 0.6 is 11.6 Å². The number of halogens is 1. The lowest BCUT2D eigenvalue weighted by atomic mass is 10.0. The summed E-state index contributed by atoms with van der Waals surface area (Å²) in [6.45, 7) is 3.89. The second-order valence-corrected chi connectivity index (χ2v) is 3.34. The zero-order valence-electron chi connectivity index (χ0n) is 7.93. The predicted octanol–water partition coefficient (Wildman–Crippen LogP) is 3.50. The summed E-state index contributed by atoms with van der Waals surface area (Å²) >= 11 is 5.93. The lowest BCUT2D eigenvalue weighted by Gasteiger charge is -2.03. The summed E-state index contributed by atoms with van der Waals surface area (Å²) in [7, 11) is 0. The Bertz CT molecular complexity index is 318. The molecule has 0 saturated heterocycles. The smallest absolute Gasteiger partial charge is 0.162 e. The summed E-state index contributed by atoms with van der Waals surface area (Å²) < 4.78 is 0. The molecule has 0 aliphatic carbocycles. The van der Waals surface area contributed by atoms with Crippen LogP contribution in [0.3, 0.4) is 0 Å². The van der Waals surface area contributed by atoms with Crippen molar-refractivity contribution in [2.75, 3.05) is 0 Å². The van der Waals surface area contributed by atoms with Crippen LogP contribution in [-0.4, -0.2) is 5.78 Å². The first-order chi connectivity index (χ1) is 6.19. The van der Waals surface area contributed by atoms with E-state index in [1.807, 2.05) is 19.9 Å². The van der Waals surface area contributed by atoms with Gasteiger partial charge in [-0.1, -0.05) is 25.4 Å². The zero-order chi connectivity index (χ0) is 9.84. The van der Waals surface area contributed by atoms with E-state index in [1.54, 1.807) is 12.1 Å². The third kappa shape index (κ3) is 2.31. The van der Waals surface area contributed by atoms with Crippen molar-refractivity contribution in [3.05, 3.63) is 34.3 Å². The lowest BCUT2D eigenvalue weighted by molar-refractivity contribution is 0.0988. The van der Waals surface area contributed by atoms with Gasteiger partial charge in [0.25, 0.3) is 0 Å². The van der Waals surface area contributed by atoms with Crippen LogP contribution in [0, 0.1) is 0 Å². The molecule has 0 N–H and O–H groups in total. The number of carbonyl (C=O) groups is 1. The Balaban J connectivity index is 3.06. The monoisotopic (exact) mass is 196 g/mol. The second kappa shape index (κ2) is 4.43. The highest BCUT2D eigenvalue weighted by Gasteiger charge is 2.05. The molecule has 0 amide bonds. The van der Waals surface area contributed by atoms with Gasteiger partial charge in [0, 0.05) is 17.0 Å². The van der Waals surface area contributed by atoms with Crippen molar-refractivity contribution >= 4 is 17.4 Å². The van der Waals surface area contributed by atoms with Crippen LogP contribution in [0.1, 0.15) is 36.2 Å². The Labute approximate surface area is 83.7 Å². The molecule has 0 aromatic heterocycles. The van der Waals surface area contributed by atoms with E-state index in [-0.39, 0.29) is 5.78 Å². The highest BCUT2D eigenvalue weighted by molar-refractivity contribution is 6.31. The summed E-state index contributed by atoms with van der Waals surface area (Å²) in [5.74, 6) is 0.173. The van der Waals surface area contributed by atoms with E-state index in [2.05, 4.69) is 0 Å². The summed E-state index contributed by atoms with van der Waals surface area (Å²) in [5, 5.41) is 0.746. The fourth-order valence-electron chi connectivity index (χ4n) is 1.22. The molecule has 1 aromatic rings. The van der Waals surface area contributed by atoms with Crippen molar-refractivity contribution < 1.29 is 4.79 Å². The SMILES string of the molecule is CCC(=O)c1ccc(Cl)c(CC)c1. The number of Topliss-reactive ketones (excluding diaryl/α,β-unsaturated/α-hetero) is 1. The van der Waals surface area contributed by atoms with Crippen LogP contribution in [0.5, 0.6) is 0 Å². The molecule has 1 rings (SSSR count). The van der Waals surface area contributed by atoms with Crippen LogP contribution in [0.15, 0.2) is 18.2 Å². The van der Waals surface area contributed by atoms with E-state index in [0.717, 1.165) is 22.6 Å². The predicted molar refractivity (Wildman–Crippen MR) is 55.5 cm³/mol. The maximum atomic E-state index is 11.3. The van der Waals surface area contributed by atoms with Gasteiger partial charge in [0.2, 0.25) is 0 Å². The zero-order valence-corrected chi connectivity index (χ0v) is 8.69. The molecular formula is C11H13ClO. The average Bonchev–Trinajstić information content (AvgIpc) is 2.17. The summed E-state index contributed by atoms with van der Waals surface area (Å²) in [4.78, 5) is 11.3. The Morgan fingerprint density at radius 3 is 2.62 bits per heavy atom. The standard InChI is InChI=1S/C11H13ClO/c1-3-8-7-9(11(13)4-2)5-6-10(8)12/h5-7H,3-4H2,1-2H3. The molecule has 1 aromatic carbocycles. The van der Waals surface area contributed by atoms with Crippen molar-refractivity contribution in [1.29, 1.82) is 0 Å². The van der Waals surface area contributed by atoms with Gasteiger partial charge in [0.15, 0.2) is 5.78 Å². The van der Waals surface area contributed by atoms with Crippen molar-refractivity contribution in [2.24, 2.45) is 0 Å². The van der Waals surface area contributed by atoms with Crippen LogP contribution in [-0.2, 0) is 6.42 Å². The first kappa shape index (κ1) is 10.3. The van der Waals surface area contributed by atoms with Crippen molar-refractivity contribution in [3.8, 4) is 0 Å². The Kier molecular flexibility index (Phi) is 3.49. The van der Waals surface area contributed by atoms with Gasteiger partial charge in [0.1, 0.15) is 0 Å². The average molecular weight is 197 g/mol. The molecule has 0 heterocycles. The molecule has 1 nitrogen and oxygen atoms in total. The van der Waals surface area contributed by atoms with Crippen LogP contribution < -0.4 is 0 Å². The molecule has 70 valence electrons. The van der Waals surface area contributed by atoms with E-state index in [0.29, 0.717) is 6.42 Å². The van der Waals surface area contributed by atoms with E-state index in [4.69, 9.17) is 11.6 Å². The van der Waals surface area contributed by atoms with E-state index in [1.165, 1.54) is 0 Å². The van der Waals surface area contributed by atoms with Gasteiger partial charge in [-0.25, -0.2) is 0 Å². The first-order valence-corrected chi connectivity index (χ1v) is 4.88. The highest BCUT2D eigenvalue weighted by Crippen LogP contribution is 2.18. The Hall–Kier alpha value is -0.820. The Morgan fingerprint density at radius 2 is 2.08 bits per heavy atom. The van der Waals surface area contributed by atoms with Gasteiger partial charge in [-0.15, -0.1) is 0 Å². The molecule has 0 atom stereocenters. The third-order valence-electron chi connectivity index (χ3n) is 2.07. The number of rotatable bonds is 3. The quantitative estimate of drug-likeness (QED) is 0.677. The van der Waals surface area contributed by atoms with E-state index >= 15 is 0 Å². The first-order valence-electron chi connectivity index (χ1n) is 4.50. The van der Waals surface area contributed by atoms with Gasteiger partial charge in [0.05, 0.1) is 0 Å². The van der Waals surface area contributed by atoms with Gasteiger partial charge in [-0.2, -0.15) is 0 Å². The number of hydrogen-bond donors (Lipinski definition) is 0. The largest absolute Gasteiger partial charge is 0.294 e. The summed E-state index contributed by atoms with van der Waals surface area (Å²) in [6, 6.07) is 5.46. The topological polar surface area (TPSA) is 17.1 Å². The fraction of sp³-hybridized carbons (Fsp3) is 0.364. The van der Waals surface area contributed by atoms with Gasteiger partial charge < -0.3 is 0 Å². The molecule has 2 heteroatoms. The van der Waals surface area contributed by atoms with Crippen molar-refractivity contribution in [3.63, 3.8) is 0 Å². The van der Waals surface area contributed by atoms with Crippen LogP contribution in [0.4, 0.5) is 0 Å². The lowest BCUT2D eigenvalue weighted by Crippen LogP contribution is -1.97. The molecule has 0 aliphatic heterocycles. The number of ketones is 1. The minimum Gasteiger partial charge on any atom is -0.294 e. The molecule has 0 saturated carbocycles. The maximum Gasteiger partial charge on any atom is 0.162 e. The molecule has 0 unspecified atom stereocenters. The molecular weight excluding hydrogens is 184 g/mol. The normalized spacial score (nSPS) is 10.1. The van der Waals surface area contributed by atoms with E-state index < -0.39 is 0 Å². The summed E-state index contributed by atoms with van der Waals surface area (Å²) in [5.41, 5.74) is 1.81. The highest BCUT2D eigenvalue weighted by atomic mass is 35.5. The molecule has 0 radical (unpaired) electrons. The Morgan fingerprint density at radius 1 is 1.38 bits per heavy atom. The molecule has 0 fully saturated rings. The van der Waals surface area contributed by atoms with E-state index in [9.17, 15) is 4.79 Å². The van der Waals surface area contributed by atoms with Gasteiger partial charge in [-0.05, 0) is 30.2 Å². The molecule has 0 spiro atoms. The van der Waals surface area contributed by atoms with Gasteiger partial charge >= 0.3 is 0 Å². The number of aryl methyl sites for hydroxylation is 1. The minimum atomic E-state index is 0.173. The molecule has 13 heavy (non-hydrogen) atoms. The molecule has 0 aliphatic rings.